The van der Waals surface area contributed by atoms with Gasteiger partial charge in [-0.05, 0) is 48.5 Å². The summed E-state index contributed by atoms with van der Waals surface area (Å²) in [5.41, 5.74) is -2.08. The number of benzene rings is 2. The number of hydrogen-bond donors (Lipinski definition) is 1. The number of sulfonamides is 1. The van der Waals surface area contributed by atoms with Crippen molar-refractivity contribution in [2.75, 3.05) is 0 Å². The van der Waals surface area contributed by atoms with Gasteiger partial charge in [-0.2, -0.15) is 26.3 Å². The fraction of sp³-hybridized carbons (Fsp3) is 0.143. The lowest BCUT2D eigenvalue weighted by atomic mass is 10.2. The van der Waals surface area contributed by atoms with Gasteiger partial charge >= 0.3 is 12.4 Å². The molecule has 0 aliphatic rings. The third-order valence-corrected chi connectivity index (χ3v) is 6.15. The van der Waals surface area contributed by atoms with Gasteiger partial charge in [0.1, 0.15) is 11.0 Å². The first-order valence-corrected chi connectivity index (χ1v) is 9.23. The van der Waals surface area contributed by atoms with Gasteiger partial charge in [0.15, 0.2) is 0 Å². The SMILES string of the molecule is O=S(NS(=O)(=O)c1ccc(C(F)(F)F)cc1)c1ccc(C(F)(F)F)cc1. The normalized spacial score (nSPS) is 14.2. The molecule has 4 nitrogen and oxygen atoms in total. The van der Waals surface area contributed by atoms with Crippen molar-refractivity contribution < 1.29 is 39.0 Å². The van der Waals surface area contributed by atoms with E-state index in [2.05, 4.69) is 0 Å². The van der Waals surface area contributed by atoms with E-state index in [-0.39, 0.29) is 4.90 Å². The van der Waals surface area contributed by atoms with Crippen molar-refractivity contribution in [1.82, 2.24) is 4.13 Å². The fourth-order valence-corrected chi connectivity index (χ4v) is 4.23. The van der Waals surface area contributed by atoms with Crippen molar-refractivity contribution in [3.63, 3.8) is 0 Å². The third kappa shape index (κ3) is 4.83. The van der Waals surface area contributed by atoms with Crippen molar-refractivity contribution in [3.05, 3.63) is 59.7 Å². The molecule has 26 heavy (non-hydrogen) atoms. The van der Waals surface area contributed by atoms with Crippen LogP contribution in [0, 0.1) is 0 Å². The Morgan fingerprint density at radius 3 is 1.50 bits per heavy atom. The zero-order valence-electron chi connectivity index (χ0n) is 12.4. The molecule has 142 valence electrons. The Labute approximate surface area is 146 Å². The van der Waals surface area contributed by atoms with Gasteiger partial charge in [0.2, 0.25) is 0 Å². The van der Waals surface area contributed by atoms with Crippen LogP contribution in [0.15, 0.2) is 58.3 Å². The van der Waals surface area contributed by atoms with Gasteiger partial charge in [0, 0.05) is 0 Å². The van der Waals surface area contributed by atoms with Crippen molar-refractivity contribution in [3.8, 4) is 0 Å². The first-order chi connectivity index (χ1) is 11.8. The van der Waals surface area contributed by atoms with E-state index in [4.69, 9.17) is 0 Å². The Morgan fingerprint density at radius 1 is 0.731 bits per heavy atom. The topological polar surface area (TPSA) is 63.2 Å². The summed E-state index contributed by atoms with van der Waals surface area (Å²) in [4.78, 5) is -0.834. The van der Waals surface area contributed by atoms with Gasteiger partial charge in [-0.15, -0.1) is 4.13 Å². The van der Waals surface area contributed by atoms with E-state index in [9.17, 15) is 39.0 Å². The molecular formula is C14H9F6NO3S2. The Bertz CT molecular complexity index is 904. The number of nitrogens with one attached hydrogen (secondary N) is 1. The highest BCUT2D eigenvalue weighted by molar-refractivity contribution is 8.02. The van der Waals surface area contributed by atoms with Crippen LogP contribution in [-0.2, 0) is 33.4 Å². The Kier molecular flexibility index (Phi) is 5.49. The molecule has 0 amide bonds. The largest absolute Gasteiger partial charge is 0.416 e. The average Bonchev–Trinajstić information content (AvgIpc) is 2.53. The third-order valence-electron chi connectivity index (χ3n) is 3.07. The van der Waals surface area contributed by atoms with Crippen LogP contribution in [0.4, 0.5) is 26.3 Å². The zero-order valence-corrected chi connectivity index (χ0v) is 14.1. The zero-order chi connectivity index (χ0) is 19.8. The van der Waals surface area contributed by atoms with Gasteiger partial charge in [-0.25, -0.2) is 12.6 Å². The van der Waals surface area contributed by atoms with Crippen LogP contribution in [0.3, 0.4) is 0 Å². The molecule has 0 aliphatic carbocycles. The lowest BCUT2D eigenvalue weighted by molar-refractivity contribution is -0.138. The van der Waals surface area contributed by atoms with Crippen LogP contribution in [-0.4, -0.2) is 12.6 Å². The molecule has 0 fully saturated rings. The van der Waals surface area contributed by atoms with E-state index in [1.54, 1.807) is 4.13 Å². The predicted molar refractivity (Wildman–Crippen MR) is 79.6 cm³/mol. The van der Waals surface area contributed by atoms with E-state index in [0.29, 0.717) is 36.4 Å². The first-order valence-electron chi connectivity index (χ1n) is 6.59. The van der Waals surface area contributed by atoms with E-state index in [1.807, 2.05) is 0 Å². The molecule has 0 radical (unpaired) electrons. The van der Waals surface area contributed by atoms with Crippen molar-refractivity contribution >= 4 is 21.0 Å². The maximum Gasteiger partial charge on any atom is 0.416 e. The molecule has 1 atom stereocenters. The molecule has 2 aromatic carbocycles. The van der Waals surface area contributed by atoms with E-state index in [1.165, 1.54) is 0 Å². The summed E-state index contributed by atoms with van der Waals surface area (Å²) in [6, 6.07) is 5.33. The van der Waals surface area contributed by atoms with Gasteiger partial charge in [0.25, 0.3) is 10.0 Å². The summed E-state index contributed by atoms with van der Waals surface area (Å²) in [5, 5.41) is 0. The van der Waals surface area contributed by atoms with Gasteiger partial charge in [-0.1, -0.05) is 0 Å². The van der Waals surface area contributed by atoms with Crippen molar-refractivity contribution in [2.45, 2.75) is 22.1 Å². The molecule has 0 aromatic heterocycles. The lowest BCUT2D eigenvalue weighted by Gasteiger charge is -2.10. The van der Waals surface area contributed by atoms with Crippen LogP contribution in [0.5, 0.6) is 0 Å². The summed E-state index contributed by atoms with van der Waals surface area (Å²) in [5.74, 6) is 0. The molecule has 1 N–H and O–H groups in total. The Hall–Kier alpha value is -1.92. The highest BCUT2D eigenvalue weighted by atomic mass is 32.3. The van der Waals surface area contributed by atoms with E-state index in [0.717, 1.165) is 12.1 Å². The second-order valence-electron chi connectivity index (χ2n) is 4.90. The molecule has 12 heteroatoms. The second kappa shape index (κ2) is 7.00. The lowest BCUT2D eigenvalue weighted by Crippen LogP contribution is -2.26. The molecule has 0 aliphatic heterocycles. The quantitative estimate of drug-likeness (QED) is 0.772. The minimum absolute atomic E-state index is 0.256. The molecule has 1 unspecified atom stereocenters. The smallest absolute Gasteiger partial charge is 0.237 e. The maximum atomic E-state index is 12.5. The monoisotopic (exact) mass is 417 g/mol. The Morgan fingerprint density at radius 2 is 1.12 bits per heavy atom. The number of halogens is 6. The Balaban J connectivity index is 2.19. The fourth-order valence-electron chi connectivity index (χ4n) is 1.79. The standard InChI is InChI=1S/C14H9F6NO3S2/c15-13(16,17)9-1-5-11(6-2-9)25(22)21-26(23,24)12-7-3-10(4-8-12)14(18,19)20/h1-8,21H. The van der Waals surface area contributed by atoms with Gasteiger partial charge in [-0.3, -0.25) is 0 Å². The highest BCUT2D eigenvalue weighted by Gasteiger charge is 2.31. The predicted octanol–water partition coefficient (Wildman–Crippen LogP) is 3.73. The van der Waals surface area contributed by atoms with Crippen LogP contribution in [0.25, 0.3) is 0 Å². The van der Waals surface area contributed by atoms with Gasteiger partial charge < -0.3 is 0 Å². The molecule has 0 saturated carbocycles. The minimum atomic E-state index is -4.65. The molecule has 0 heterocycles. The van der Waals surface area contributed by atoms with E-state index < -0.39 is 49.4 Å². The molecular weight excluding hydrogens is 408 g/mol. The summed E-state index contributed by atoms with van der Waals surface area (Å²) in [6.07, 6.45) is -9.27. The number of rotatable bonds is 4. The van der Waals surface area contributed by atoms with Crippen LogP contribution >= 0.6 is 0 Å². The summed E-state index contributed by atoms with van der Waals surface area (Å²) in [6.45, 7) is 0. The average molecular weight is 417 g/mol. The summed E-state index contributed by atoms with van der Waals surface area (Å²) in [7, 11) is -6.89. The van der Waals surface area contributed by atoms with E-state index >= 15 is 0 Å². The van der Waals surface area contributed by atoms with Gasteiger partial charge in [0.05, 0.1) is 20.9 Å². The van der Waals surface area contributed by atoms with Crippen LogP contribution in [0.2, 0.25) is 0 Å². The maximum absolute atomic E-state index is 12.5. The minimum Gasteiger partial charge on any atom is -0.237 e. The highest BCUT2D eigenvalue weighted by Crippen LogP contribution is 2.30. The van der Waals surface area contributed by atoms with Crippen molar-refractivity contribution in [2.24, 2.45) is 0 Å². The number of alkyl halides is 6. The molecule has 2 aromatic rings. The molecule has 0 saturated heterocycles. The molecule has 0 bridgehead atoms. The van der Waals surface area contributed by atoms with Crippen LogP contribution in [0.1, 0.15) is 11.1 Å². The summed E-state index contributed by atoms with van der Waals surface area (Å²) < 4.78 is 113. The number of hydrogen-bond acceptors (Lipinski definition) is 3. The summed E-state index contributed by atoms with van der Waals surface area (Å²) >= 11 is 0. The first kappa shape index (κ1) is 20.4. The molecule has 2 rings (SSSR count). The van der Waals surface area contributed by atoms with Crippen molar-refractivity contribution in [1.29, 1.82) is 0 Å². The molecule has 0 spiro atoms. The van der Waals surface area contributed by atoms with Crippen LogP contribution < -0.4 is 4.13 Å². The second-order valence-corrected chi connectivity index (χ2v) is 8.05.